The van der Waals surface area contributed by atoms with Crippen molar-refractivity contribution < 1.29 is 13.2 Å². The summed E-state index contributed by atoms with van der Waals surface area (Å²) < 4.78 is 39.2. The average molecular weight is 289 g/mol. The fraction of sp³-hybridized carbons (Fsp3) is 0.643. The highest BCUT2D eigenvalue weighted by molar-refractivity contribution is 5.31. The molecule has 0 spiro atoms. The van der Waals surface area contributed by atoms with E-state index in [0.717, 1.165) is 25.4 Å². The zero-order chi connectivity index (χ0) is 15.6. The molecule has 0 radical (unpaired) electrons. The Labute approximate surface area is 118 Å². The monoisotopic (exact) mass is 289 g/mol. The minimum Gasteiger partial charge on any atom is -0.322 e. The second-order valence-electron chi connectivity index (χ2n) is 5.26. The third-order valence-electron chi connectivity index (χ3n) is 3.83. The molecule has 0 aliphatic heterocycles. The second kappa shape index (κ2) is 6.10. The highest BCUT2D eigenvalue weighted by Crippen LogP contribution is 2.37. The van der Waals surface area contributed by atoms with Gasteiger partial charge in [0.25, 0.3) is 0 Å². The van der Waals surface area contributed by atoms with Crippen molar-refractivity contribution in [2.75, 3.05) is 13.1 Å². The minimum atomic E-state index is -4.42. The molecule has 1 rings (SSSR count). The number of alkyl halides is 3. The van der Waals surface area contributed by atoms with Crippen LogP contribution in [0.15, 0.2) is 18.5 Å². The lowest BCUT2D eigenvalue weighted by Crippen LogP contribution is -2.51. The first-order chi connectivity index (χ1) is 9.16. The summed E-state index contributed by atoms with van der Waals surface area (Å²) in [4.78, 5) is 5.85. The first-order valence-corrected chi connectivity index (χ1v) is 6.67. The van der Waals surface area contributed by atoms with Gasteiger partial charge in [0.1, 0.15) is 0 Å². The van der Waals surface area contributed by atoms with Crippen LogP contribution in [0.4, 0.5) is 13.2 Å². The molecule has 1 aromatic heterocycles. The predicted octanol–water partition coefficient (Wildman–Crippen LogP) is 3.22. The van der Waals surface area contributed by atoms with Gasteiger partial charge in [0, 0.05) is 29.5 Å². The molecule has 0 aromatic carbocycles. The van der Waals surface area contributed by atoms with Crippen LogP contribution in [0.2, 0.25) is 0 Å². The first kappa shape index (κ1) is 16.9. The van der Waals surface area contributed by atoms with Crippen molar-refractivity contribution in [2.45, 2.75) is 45.5 Å². The number of nitrogens with zero attached hydrogens (tertiary/aromatic N) is 2. The number of halogens is 3. The summed E-state index contributed by atoms with van der Waals surface area (Å²) in [6.45, 7) is 9.09. The van der Waals surface area contributed by atoms with Crippen LogP contribution in [-0.4, -0.2) is 28.5 Å². The summed E-state index contributed by atoms with van der Waals surface area (Å²) in [7, 11) is 0. The van der Waals surface area contributed by atoms with Crippen molar-refractivity contribution in [3.05, 3.63) is 29.6 Å². The van der Waals surface area contributed by atoms with Gasteiger partial charge < -0.3 is 5.73 Å². The third-order valence-corrected chi connectivity index (χ3v) is 3.83. The van der Waals surface area contributed by atoms with Crippen LogP contribution in [0, 0.1) is 0 Å². The SMILES string of the molecule is CCN(CC)C(C)(C)C(N)c1cnccc1C(F)(F)F. The van der Waals surface area contributed by atoms with Crippen molar-refractivity contribution in [1.82, 2.24) is 9.88 Å². The van der Waals surface area contributed by atoms with E-state index in [4.69, 9.17) is 5.73 Å². The summed E-state index contributed by atoms with van der Waals surface area (Å²) in [6.07, 6.45) is -2.06. The standard InChI is InChI=1S/C14H22F3N3/c1-5-20(6-2)13(3,4)12(18)10-9-19-8-7-11(10)14(15,16)17/h7-9,12H,5-6,18H2,1-4H3. The fourth-order valence-electron chi connectivity index (χ4n) is 2.53. The van der Waals surface area contributed by atoms with Crippen LogP contribution in [0.25, 0.3) is 0 Å². The molecule has 0 saturated carbocycles. The summed E-state index contributed by atoms with van der Waals surface area (Å²) in [5.74, 6) is 0. The summed E-state index contributed by atoms with van der Waals surface area (Å²) in [5.41, 5.74) is 4.88. The molecule has 3 nitrogen and oxygen atoms in total. The van der Waals surface area contributed by atoms with Gasteiger partial charge in [-0.05, 0) is 33.0 Å². The molecular weight excluding hydrogens is 267 g/mol. The summed E-state index contributed by atoms with van der Waals surface area (Å²) >= 11 is 0. The van der Waals surface area contributed by atoms with Crippen LogP contribution < -0.4 is 5.73 Å². The molecule has 0 aliphatic carbocycles. The van der Waals surface area contributed by atoms with E-state index < -0.39 is 23.3 Å². The Balaban J connectivity index is 3.25. The Morgan fingerprint density at radius 1 is 1.25 bits per heavy atom. The fourth-order valence-corrected chi connectivity index (χ4v) is 2.53. The van der Waals surface area contributed by atoms with Crippen LogP contribution in [0.3, 0.4) is 0 Å². The van der Waals surface area contributed by atoms with E-state index in [1.165, 1.54) is 6.20 Å². The molecule has 1 atom stereocenters. The Bertz CT molecular complexity index is 440. The number of nitrogens with two attached hydrogens (primary N) is 1. The number of likely N-dealkylation sites (N-methyl/N-ethyl adjacent to an activating group) is 1. The summed E-state index contributed by atoms with van der Waals surface area (Å²) in [6, 6.07) is 0.209. The Hall–Kier alpha value is -1.14. The Kier molecular flexibility index (Phi) is 5.15. The van der Waals surface area contributed by atoms with Gasteiger partial charge >= 0.3 is 6.18 Å². The summed E-state index contributed by atoms with van der Waals surface area (Å²) in [5, 5.41) is 0. The van der Waals surface area contributed by atoms with E-state index in [2.05, 4.69) is 4.98 Å². The van der Waals surface area contributed by atoms with Crippen molar-refractivity contribution in [3.8, 4) is 0 Å². The molecule has 20 heavy (non-hydrogen) atoms. The highest BCUT2D eigenvalue weighted by Gasteiger charge is 2.40. The lowest BCUT2D eigenvalue weighted by atomic mass is 9.86. The van der Waals surface area contributed by atoms with Crippen molar-refractivity contribution in [3.63, 3.8) is 0 Å². The first-order valence-electron chi connectivity index (χ1n) is 6.67. The molecule has 0 saturated heterocycles. The van der Waals surface area contributed by atoms with E-state index in [-0.39, 0.29) is 5.56 Å². The van der Waals surface area contributed by atoms with Crippen LogP contribution in [-0.2, 0) is 6.18 Å². The average Bonchev–Trinajstić information content (AvgIpc) is 2.38. The zero-order valence-corrected chi connectivity index (χ0v) is 12.3. The van der Waals surface area contributed by atoms with Gasteiger partial charge in [0.2, 0.25) is 0 Å². The van der Waals surface area contributed by atoms with Gasteiger partial charge in [-0.1, -0.05) is 13.8 Å². The van der Waals surface area contributed by atoms with Crippen molar-refractivity contribution in [1.29, 1.82) is 0 Å². The van der Waals surface area contributed by atoms with Crippen molar-refractivity contribution >= 4 is 0 Å². The van der Waals surface area contributed by atoms with E-state index in [0.29, 0.717) is 0 Å². The van der Waals surface area contributed by atoms with E-state index in [9.17, 15) is 13.2 Å². The van der Waals surface area contributed by atoms with Gasteiger partial charge in [-0.3, -0.25) is 9.88 Å². The molecule has 1 heterocycles. The Morgan fingerprint density at radius 3 is 2.25 bits per heavy atom. The number of hydrogen-bond acceptors (Lipinski definition) is 3. The van der Waals surface area contributed by atoms with Crippen LogP contribution in [0.5, 0.6) is 0 Å². The number of rotatable bonds is 5. The van der Waals surface area contributed by atoms with Gasteiger partial charge in [-0.25, -0.2) is 0 Å². The van der Waals surface area contributed by atoms with Crippen LogP contribution >= 0.6 is 0 Å². The molecule has 0 amide bonds. The number of hydrogen-bond donors (Lipinski definition) is 1. The van der Waals surface area contributed by atoms with Gasteiger partial charge in [-0.2, -0.15) is 13.2 Å². The number of pyridine rings is 1. The van der Waals surface area contributed by atoms with Gasteiger partial charge in [-0.15, -0.1) is 0 Å². The highest BCUT2D eigenvalue weighted by atomic mass is 19.4. The topological polar surface area (TPSA) is 42.1 Å². The zero-order valence-electron chi connectivity index (χ0n) is 12.3. The molecular formula is C14H22F3N3. The molecule has 6 heteroatoms. The normalized spacial score (nSPS) is 14.7. The predicted molar refractivity (Wildman–Crippen MR) is 73.2 cm³/mol. The largest absolute Gasteiger partial charge is 0.416 e. The van der Waals surface area contributed by atoms with Crippen LogP contribution in [0.1, 0.15) is 44.9 Å². The minimum absolute atomic E-state index is 0.0388. The molecule has 114 valence electrons. The quantitative estimate of drug-likeness (QED) is 0.905. The van der Waals surface area contributed by atoms with Crippen molar-refractivity contribution in [2.24, 2.45) is 5.73 Å². The molecule has 1 aromatic rings. The second-order valence-corrected chi connectivity index (χ2v) is 5.26. The van der Waals surface area contributed by atoms with Gasteiger partial charge in [0.05, 0.1) is 5.56 Å². The molecule has 0 fully saturated rings. The maximum atomic E-state index is 13.1. The lowest BCUT2D eigenvalue weighted by Gasteiger charge is -2.42. The van der Waals surface area contributed by atoms with E-state index in [1.807, 2.05) is 32.6 Å². The lowest BCUT2D eigenvalue weighted by molar-refractivity contribution is -0.138. The molecule has 2 N–H and O–H groups in total. The third kappa shape index (κ3) is 3.30. The molecule has 0 bridgehead atoms. The maximum absolute atomic E-state index is 13.1. The smallest absolute Gasteiger partial charge is 0.322 e. The molecule has 1 unspecified atom stereocenters. The number of aromatic nitrogens is 1. The molecule has 0 aliphatic rings. The van der Waals surface area contributed by atoms with E-state index in [1.54, 1.807) is 0 Å². The van der Waals surface area contributed by atoms with Gasteiger partial charge in [0.15, 0.2) is 0 Å². The van der Waals surface area contributed by atoms with E-state index >= 15 is 0 Å². The maximum Gasteiger partial charge on any atom is 0.416 e. The Morgan fingerprint density at radius 2 is 1.80 bits per heavy atom.